The monoisotopic (exact) mass is 290 g/mol. The maximum atomic E-state index is 11.9. The highest BCUT2D eigenvalue weighted by molar-refractivity contribution is 5.91. The molecule has 1 aromatic carbocycles. The predicted molar refractivity (Wildman–Crippen MR) is 85.3 cm³/mol. The molecule has 0 saturated carbocycles. The van der Waals surface area contributed by atoms with Crippen molar-refractivity contribution in [1.29, 1.82) is 0 Å². The highest BCUT2D eigenvalue weighted by Gasteiger charge is 2.19. The number of amides is 1. The van der Waals surface area contributed by atoms with Crippen LogP contribution >= 0.6 is 0 Å². The molecule has 4 nitrogen and oxygen atoms in total. The highest BCUT2D eigenvalue weighted by atomic mass is 16.5. The van der Waals surface area contributed by atoms with Crippen molar-refractivity contribution in [2.24, 2.45) is 5.41 Å². The van der Waals surface area contributed by atoms with Crippen LogP contribution < -0.4 is 5.32 Å². The van der Waals surface area contributed by atoms with E-state index in [1.54, 1.807) is 0 Å². The molecular weight excluding hydrogens is 264 g/mol. The third kappa shape index (κ3) is 5.14. The molecule has 0 bridgehead atoms. The fraction of sp³-hybridized carbons (Fsp3) is 0.588. The minimum absolute atomic E-state index is 0.00451. The second-order valence-corrected chi connectivity index (χ2v) is 7.03. The van der Waals surface area contributed by atoms with Gasteiger partial charge in [0, 0.05) is 25.2 Å². The normalized spacial score (nSPS) is 20.3. The first-order valence-corrected chi connectivity index (χ1v) is 7.53. The van der Waals surface area contributed by atoms with Gasteiger partial charge in [0.1, 0.15) is 0 Å². The third-order valence-electron chi connectivity index (χ3n) is 3.53. The fourth-order valence-electron chi connectivity index (χ4n) is 2.45. The van der Waals surface area contributed by atoms with Gasteiger partial charge >= 0.3 is 0 Å². The number of benzene rings is 1. The van der Waals surface area contributed by atoms with Crippen LogP contribution in [-0.4, -0.2) is 37.6 Å². The second-order valence-electron chi connectivity index (χ2n) is 7.03. The number of nitrogens with zero attached hydrogens (tertiary/aromatic N) is 1. The Hall–Kier alpha value is -1.39. The number of rotatable bonds is 3. The van der Waals surface area contributed by atoms with Crippen LogP contribution in [-0.2, 0) is 9.53 Å². The summed E-state index contributed by atoms with van der Waals surface area (Å²) in [4.78, 5) is 14.2. The molecule has 1 amide bonds. The quantitative estimate of drug-likeness (QED) is 0.930. The van der Waals surface area contributed by atoms with Gasteiger partial charge in [-0.2, -0.15) is 0 Å². The van der Waals surface area contributed by atoms with Crippen LogP contribution in [0.15, 0.2) is 24.3 Å². The fourth-order valence-corrected chi connectivity index (χ4v) is 2.45. The van der Waals surface area contributed by atoms with E-state index in [1.807, 2.05) is 24.3 Å². The molecule has 1 N–H and O–H groups in total. The maximum absolute atomic E-state index is 11.9. The summed E-state index contributed by atoms with van der Waals surface area (Å²) < 4.78 is 5.79. The van der Waals surface area contributed by atoms with E-state index in [9.17, 15) is 4.79 Å². The van der Waals surface area contributed by atoms with Crippen molar-refractivity contribution in [2.45, 2.75) is 33.3 Å². The molecule has 116 valence electrons. The Morgan fingerprint density at radius 3 is 2.57 bits per heavy atom. The van der Waals surface area contributed by atoms with E-state index < -0.39 is 0 Å². The summed E-state index contributed by atoms with van der Waals surface area (Å²) in [5.74, 6) is 0.0592. The molecule has 0 spiro atoms. The van der Waals surface area contributed by atoms with Gasteiger partial charge in [0.05, 0.1) is 12.7 Å². The number of nitrogens with one attached hydrogen (secondary N) is 1. The molecule has 1 saturated heterocycles. The number of likely N-dealkylation sites (N-methyl/N-ethyl adjacent to an activating group) is 1. The Morgan fingerprint density at radius 1 is 1.33 bits per heavy atom. The lowest BCUT2D eigenvalue weighted by Gasteiger charge is -2.30. The van der Waals surface area contributed by atoms with Crippen LogP contribution in [0.5, 0.6) is 0 Å². The van der Waals surface area contributed by atoms with Gasteiger partial charge in [-0.05, 0) is 30.2 Å². The van der Waals surface area contributed by atoms with Gasteiger partial charge in [0.2, 0.25) is 5.91 Å². The van der Waals surface area contributed by atoms with Crippen molar-refractivity contribution in [3.63, 3.8) is 0 Å². The molecular formula is C17H26N2O2. The van der Waals surface area contributed by atoms with E-state index in [4.69, 9.17) is 4.74 Å². The zero-order valence-corrected chi connectivity index (χ0v) is 13.5. The lowest BCUT2D eigenvalue weighted by atomic mass is 9.92. The van der Waals surface area contributed by atoms with Crippen LogP contribution in [0, 0.1) is 5.41 Å². The van der Waals surface area contributed by atoms with E-state index in [1.165, 1.54) is 0 Å². The first-order chi connectivity index (χ1) is 9.83. The van der Waals surface area contributed by atoms with Crippen molar-refractivity contribution in [3.05, 3.63) is 29.8 Å². The van der Waals surface area contributed by atoms with Gasteiger partial charge in [-0.15, -0.1) is 0 Å². The molecule has 1 fully saturated rings. The zero-order chi connectivity index (χ0) is 15.5. The van der Waals surface area contributed by atoms with Gasteiger partial charge in [0.15, 0.2) is 0 Å². The zero-order valence-electron chi connectivity index (χ0n) is 13.5. The third-order valence-corrected chi connectivity index (χ3v) is 3.53. The summed E-state index contributed by atoms with van der Waals surface area (Å²) >= 11 is 0. The van der Waals surface area contributed by atoms with Crippen LogP contribution in [0.25, 0.3) is 0 Å². The minimum atomic E-state index is 0.00451. The molecule has 21 heavy (non-hydrogen) atoms. The molecule has 1 aromatic rings. The number of carbonyl (C=O) groups is 1. The number of hydrogen-bond acceptors (Lipinski definition) is 3. The first kappa shape index (κ1) is 16.0. The van der Waals surface area contributed by atoms with Gasteiger partial charge in [0.25, 0.3) is 0 Å². The number of carbonyl (C=O) groups excluding carboxylic acids is 1. The molecule has 0 aliphatic carbocycles. The van der Waals surface area contributed by atoms with Gasteiger partial charge in [-0.25, -0.2) is 0 Å². The Kier molecular flexibility index (Phi) is 5.01. The molecule has 0 radical (unpaired) electrons. The maximum Gasteiger partial charge on any atom is 0.224 e. The average Bonchev–Trinajstić information content (AvgIpc) is 2.37. The Morgan fingerprint density at radius 2 is 2.00 bits per heavy atom. The summed E-state index contributed by atoms with van der Waals surface area (Å²) in [5, 5.41) is 2.95. The van der Waals surface area contributed by atoms with E-state index in [-0.39, 0.29) is 17.4 Å². The summed E-state index contributed by atoms with van der Waals surface area (Å²) in [5.41, 5.74) is 2.01. The second kappa shape index (κ2) is 6.58. The average molecular weight is 290 g/mol. The molecule has 1 aliphatic rings. The molecule has 1 unspecified atom stereocenters. The Bertz CT molecular complexity index is 477. The standard InChI is InChI=1S/C17H26N2O2/c1-17(2,3)11-16(20)18-14-7-5-13(6-8-14)15-12-19(4)9-10-21-15/h5-8,15H,9-12H2,1-4H3,(H,18,20). The molecule has 4 heteroatoms. The topological polar surface area (TPSA) is 41.6 Å². The van der Waals surface area contributed by atoms with E-state index in [2.05, 4.69) is 38.0 Å². The van der Waals surface area contributed by atoms with Gasteiger partial charge < -0.3 is 15.0 Å². The Labute approximate surface area is 127 Å². The predicted octanol–water partition coefficient (Wildman–Crippen LogP) is 3.06. The van der Waals surface area contributed by atoms with Gasteiger partial charge in [-0.3, -0.25) is 4.79 Å². The lowest BCUT2D eigenvalue weighted by Crippen LogP contribution is -2.35. The summed E-state index contributed by atoms with van der Waals surface area (Å²) in [6.07, 6.45) is 0.647. The summed E-state index contributed by atoms with van der Waals surface area (Å²) in [6, 6.07) is 7.98. The van der Waals surface area contributed by atoms with E-state index in [0.29, 0.717) is 6.42 Å². The molecule has 1 atom stereocenters. The van der Waals surface area contributed by atoms with Crippen molar-refractivity contribution < 1.29 is 9.53 Å². The molecule has 0 aromatic heterocycles. The minimum Gasteiger partial charge on any atom is -0.371 e. The van der Waals surface area contributed by atoms with Crippen molar-refractivity contribution >= 4 is 11.6 Å². The van der Waals surface area contributed by atoms with Crippen molar-refractivity contribution in [1.82, 2.24) is 4.90 Å². The highest BCUT2D eigenvalue weighted by Crippen LogP contribution is 2.24. The smallest absolute Gasteiger partial charge is 0.224 e. The van der Waals surface area contributed by atoms with Crippen molar-refractivity contribution in [3.8, 4) is 0 Å². The SMILES string of the molecule is CN1CCOC(c2ccc(NC(=O)CC(C)(C)C)cc2)C1. The van der Waals surface area contributed by atoms with Crippen LogP contribution in [0.4, 0.5) is 5.69 Å². The van der Waals surface area contributed by atoms with Gasteiger partial charge in [-0.1, -0.05) is 32.9 Å². The summed E-state index contributed by atoms with van der Waals surface area (Å²) in [6.45, 7) is 8.85. The number of anilines is 1. The number of ether oxygens (including phenoxy) is 1. The molecule has 1 heterocycles. The molecule has 1 aliphatic heterocycles. The number of morpholine rings is 1. The van der Waals surface area contributed by atoms with E-state index >= 15 is 0 Å². The molecule has 2 rings (SSSR count). The van der Waals surface area contributed by atoms with E-state index in [0.717, 1.165) is 30.9 Å². The lowest BCUT2D eigenvalue weighted by molar-refractivity contribution is -0.117. The Balaban J connectivity index is 1.94. The first-order valence-electron chi connectivity index (χ1n) is 7.53. The van der Waals surface area contributed by atoms with Crippen LogP contribution in [0.2, 0.25) is 0 Å². The summed E-state index contributed by atoms with van der Waals surface area (Å²) in [7, 11) is 2.11. The van der Waals surface area contributed by atoms with Crippen molar-refractivity contribution in [2.75, 3.05) is 32.1 Å². The number of hydrogen-bond donors (Lipinski definition) is 1. The van der Waals surface area contributed by atoms with Crippen LogP contribution in [0.3, 0.4) is 0 Å². The van der Waals surface area contributed by atoms with Crippen LogP contribution in [0.1, 0.15) is 38.9 Å². The largest absolute Gasteiger partial charge is 0.371 e.